The number of rotatable bonds is 6. The summed E-state index contributed by atoms with van der Waals surface area (Å²) in [4.78, 5) is 16.5. The lowest BCUT2D eigenvalue weighted by molar-refractivity contribution is 0.101. The van der Waals surface area contributed by atoms with Crippen molar-refractivity contribution in [2.45, 2.75) is 11.8 Å². The van der Waals surface area contributed by atoms with Crippen LogP contribution in [-0.2, 0) is 0 Å². The smallest absolute Gasteiger partial charge is 0.163 e. The number of thioether (sulfide) groups is 1. The molecule has 0 amide bonds. The Kier molecular flexibility index (Phi) is 5.01. The molecule has 0 aliphatic rings. The maximum absolute atomic E-state index is 11.4. The van der Waals surface area contributed by atoms with Crippen LogP contribution in [-0.4, -0.2) is 23.1 Å². The van der Waals surface area contributed by atoms with Gasteiger partial charge in [0, 0.05) is 16.8 Å². The predicted octanol–water partition coefficient (Wildman–Crippen LogP) is 3.04. The van der Waals surface area contributed by atoms with Crippen LogP contribution in [0.5, 0.6) is 5.75 Å². The number of hydrogen-bond acceptors (Lipinski definition) is 5. The Morgan fingerprint density at radius 3 is 2.80 bits per heavy atom. The summed E-state index contributed by atoms with van der Waals surface area (Å²) in [6, 6.07) is 11.0. The Balaban J connectivity index is 1.84. The number of carbonyl (C=O) groups excluding carboxylic acids is 1. The van der Waals surface area contributed by atoms with Crippen molar-refractivity contribution >= 4 is 23.4 Å². The van der Waals surface area contributed by atoms with Crippen LogP contribution in [0, 0.1) is 0 Å². The molecule has 0 bridgehead atoms. The predicted molar refractivity (Wildman–Crippen MR) is 81.3 cm³/mol. The number of nitrogens with two attached hydrogens (primary N) is 1. The molecule has 0 unspecified atom stereocenters. The average molecular weight is 288 g/mol. The molecular formula is C15H16N2O2S. The Hall–Kier alpha value is -2.01. The van der Waals surface area contributed by atoms with Crippen molar-refractivity contribution in [3.8, 4) is 5.75 Å². The van der Waals surface area contributed by atoms with E-state index in [0.29, 0.717) is 23.7 Å². The third-order valence-corrected chi connectivity index (χ3v) is 3.58. The summed E-state index contributed by atoms with van der Waals surface area (Å²) < 4.78 is 5.66. The van der Waals surface area contributed by atoms with Crippen LogP contribution < -0.4 is 10.5 Å². The van der Waals surface area contributed by atoms with Gasteiger partial charge in [-0.3, -0.25) is 4.79 Å². The molecular weight excluding hydrogens is 272 g/mol. The first kappa shape index (κ1) is 14.4. The normalized spacial score (nSPS) is 10.2. The highest BCUT2D eigenvalue weighted by Crippen LogP contribution is 2.20. The van der Waals surface area contributed by atoms with Crippen LogP contribution in [0.3, 0.4) is 0 Å². The van der Waals surface area contributed by atoms with Crippen molar-refractivity contribution in [1.29, 1.82) is 0 Å². The fraction of sp³-hybridized carbons (Fsp3) is 0.200. The van der Waals surface area contributed by atoms with Crippen LogP contribution in [0.2, 0.25) is 0 Å². The van der Waals surface area contributed by atoms with Gasteiger partial charge in [-0.1, -0.05) is 12.1 Å². The van der Waals surface area contributed by atoms with Crippen LogP contribution in [0.25, 0.3) is 0 Å². The summed E-state index contributed by atoms with van der Waals surface area (Å²) in [5.41, 5.74) is 6.14. The average Bonchev–Trinajstić information content (AvgIpc) is 2.46. The standard InChI is InChI=1S/C15H16N2O2S/c1-11(18)13-4-2-3-5-14(13)19-8-9-20-12-6-7-15(16)17-10-12/h2-7,10H,8-9H2,1H3,(H2,16,17). The van der Waals surface area contributed by atoms with E-state index in [0.717, 1.165) is 10.6 Å². The number of ketones is 1. The van der Waals surface area contributed by atoms with Crippen molar-refractivity contribution in [3.05, 3.63) is 48.2 Å². The summed E-state index contributed by atoms with van der Waals surface area (Å²) >= 11 is 1.63. The van der Waals surface area contributed by atoms with Gasteiger partial charge in [0.05, 0.1) is 12.2 Å². The largest absolute Gasteiger partial charge is 0.492 e. The lowest BCUT2D eigenvalue weighted by Gasteiger charge is -2.09. The number of hydrogen-bond donors (Lipinski definition) is 1. The molecule has 0 aliphatic carbocycles. The number of pyridine rings is 1. The van der Waals surface area contributed by atoms with Gasteiger partial charge in [0.2, 0.25) is 0 Å². The van der Waals surface area contributed by atoms with Gasteiger partial charge in [-0.15, -0.1) is 11.8 Å². The molecule has 1 aromatic carbocycles. The molecule has 0 aliphatic heterocycles. The van der Waals surface area contributed by atoms with E-state index < -0.39 is 0 Å². The second-order valence-electron chi connectivity index (χ2n) is 4.17. The highest BCUT2D eigenvalue weighted by molar-refractivity contribution is 7.99. The van der Waals surface area contributed by atoms with Crippen LogP contribution in [0.1, 0.15) is 17.3 Å². The summed E-state index contributed by atoms with van der Waals surface area (Å²) in [6.45, 7) is 2.07. The Bertz CT molecular complexity index is 585. The monoisotopic (exact) mass is 288 g/mol. The lowest BCUT2D eigenvalue weighted by atomic mass is 10.1. The van der Waals surface area contributed by atoms with Gasteiger partial charge in [-0.2, -0.15) is 0 Å². The van der Waals surface area contributed by atoms with E-state index in [4.69, 9.17) is 10.5 Å². The summed E-state index contributed by atoms with van der Waals surface area (Å²) in [7, 11) is 0. The van der Waals surface area contributed by atoms with Crippen molar-refractivity contribution in [1.82, 2.24) is 4.98 Å². The fourth-order valence-corrected chi connectivity index (χ4v) is 2.37. The fourth-order valence-electron chi connectivity index (χ4n) is 1.67. The second kappa shape index (κ2) is 6.96. The molecule has 0 atom stereocenters. The number of carbonyl (C=O) groups is 1. The molecule has 4 nitrogen and oxygen atoms in total. The van der Waals surface area contributed by atoms with Crippen molar-refractivity contribution in [2.75, 3.05) is 18.1 Å². The molecule has 0 saturated carbocycles. The maximum Gasteiger partial charge on any atom is 0.163 e. The number of aromatic nitrogens is 1. The highest BCUT2D eigenvalue weighted by Gasteiger charge is 2.06. The van der Waals surface area contributed by atoms with Gasteiger partial charge in [-0.25, -0.2) is 4.98 Å². The number of benzene rings is 1. The highest BCUT2D eigenvalue weighted by atomic mass is 32.2. The number of ether oxygens (including phenoxy) is 1. The Labute approximate surface area is 122 Å². The molecule has 1 aromatic heterocycles. The van der Waals surface area contributed by atoms with E-state index in [-0.39, 0.29) is 5.78 Å². The van der Waals surface area contributed by atoms with Crippen molar-refractivity contribution in [3.63, 3.8) is 0 Å². The van der Waals surface area contributed by atoms with Crippen LogP contribution in [0.4, 0.5) is 5.82 Å². The van der Waals surface area contributed by atoms with Gasteiger partial charge < -0.3 is 10.5 Å². The number of nitrogens with zero attached hydrogens (tertiary/aromatic N) is 1. The first-order chi connectivity index (χ1) is 9.66. The zero-order valence-electron chi connectivity index (χ0n) is 11.2. The van der Waals surface area contributed by atoms with Gasteiger partial charge in [0.1, 0.15) is 11.6 Å². The molecule has 5 heteroatoms. The first-order valence-electron chi connectivity index (χ1n) is 6.24. The molecule has 104 valence electrons. The summed E-state index contributed by atoms with van der Waals surface area (Å²) in [5.74, 6) is 1.94. The third-order valence-electron chi connectivity index (χ3n) is 2.64. The number of para-hydroxylation sites is 1. The topological polar surface area (TPSA) is 65.2 Å². The molecule has 2 aromatic rings. The van der Waals surface area contributed by atoms with Gasteiger partial charge in [0.25, 0.3) is 0 Å². The molecule has 0 radical (unpaired) electrons. The van der Waals surface area contributed by atoms with E-state index in [1.165, 1.54) is 6.92 Å². The molecule has 1 heterocycles. The molecule has 2 N–H and O–H groups in total. The number of Topliss-reactive ketones (excluding diaryl/α,β-unsaturated/α-hetero) is 1. The van der Waals surface area contributed by atoms with E-state index in [9.17, 15) is 4.79 Å². The Morgan fingerprint density at radius 1 is 1.30 bits per heavy atom. The second-order valence-corrected chi connectivity index (χ2v) is 5.34. The van der Waals surface area contributed by atoms with Gasteiger partial charge in [0.15, 0.2) is 5.78 Å². The van der Waals surface area contributed by atoms with Crippen molar-refractivity contribution in [2.24, 2.45) is 0 Å². The SMILES string of the molecule is CC(=O)c1ccccc1OCCSc1ccc(N)nc1. The zero-order chi connectivity index (χ0) is 14.4. The minimum absolute atomic E-state index is 0.0102. The van der Waals surface area contributed by atoms with Crippen molar-refractivity contribution < 1.29 is 9.53 Å². The minimum atomic E-state index is 0.0102. The zero-order valence-corrected chi connectivity index (χ0v) is 12.0. The van der Waals surface area contributed by atoms with E-state index in [1.807, 2.05) is 24.3 Å². The van der Waals surface area contributed by atoms with E-state index >= 15 is 0 Å². The summed E-state index contributed by atoms with van der Waals surface area (Å²) in [6.07, 6.45) is 1.74. The molecule has 0 spiro atoms. The van der Waals surface area contributed by atoms with Gasteiger partial charge >= 0.3 is 0 Å². The van der Waals surface area contributed by atoms with E-state index in [1.54, 1.807) is 30.1 Å². The summed E-state index contributed by atoms with van der Waals surface area (Å²) in [5, 5.41) is 0. The Morgan fingerprint density at radius 2 is 2.10 bits per heavy atom. The first-order valence-corrected chi connectivity index (χ1v) is 7.22. The number of anilines is 1. The lowest BCUT2D eigenvalue weighted by Crippen LogP contribution is -2.04. The van der Waals surface area contributed by atoms with Crippen LogP contribution >= 0.6 is 11.8 Å². The molecule has 20 heavy (non-hydrogen) atoms. The third kappa shape index (κ3) is 3.99. The molecule has 2 rings (SSSR count). The quantitative estimate of drug-likeness (QED) is 0.503. The molecule has 0 fully saturated rings. The van der Waals surface area contributed by atoms with Gasteiger partial charge in [-0.05, 0) is 31.2 Å². The molecule has 0 saturated heterocycles. The van der Waals surface area contributed by atoms with Crippen LogP contribution in [0.15, 0.2) is 47.5 Å². The maximum atomic E-state index is 11.4. The number of nitrogen functional groups attached to an aromatic ring is 1. The van der Waals surface area contributed by atoms with E-state index in [2.05, 4.69) is 4.98 Å². The minimum Gasteiger partial charge on any atom is -0.492 e.